The number of aryl methyl sites for hydroxylation is 1. The Morgan fingerprint density at radius 1 is 1.11 bits per heavy atom. The van der Waals surface area contributed by atoms with E-state index in [4.69, 9.17) is 0 Å². The van der Waals surface area contributed by atoms with Crippen molar-refractivity contribution in [1.82, 2.24) is 10.2 Å². The summed E-state index contributed by atoms with van der Waals surface area (Å²) in [5.41, 5.74) is 1.86. The Balaban J connectivity index is 1.87. The monoisotopic (exact) mass is 373 g/mol. The molecule has 0 radical (unpaired) electrons. The quantitative estimate of drug-likeness (QED) is 0.732. The van der Waals surface area contributed by atoms with Crippen molar-refractivity contribution in [3.05, 3.63) is 29.8 Å². The molecule has 0 aliphatic heterocycles. The lowest BCUT2D eigenvalue weighted by atomic mass is 9.78. The highest BCUT2D eigenvalue weighted by Crippen LogP contribution is 2.29. The molecule has 0 spiro atoms. The smallest absolute Gasteiger partial charge is 0.238 e. The van der Waals surface area contributed by atoms with E-state index >= 15 is 0 Å². The van der Waals surface area contributed by atoms with Gasteiger partial charge in [0.05, 0.1) is 13.1 Å². The molecule has 0 heterocycles. The molecule has 1 fully saturated rings. The number of nitrogens with one attached hydrogen (secondary N) is 2. The number of anilines is 1. The molecule has 1 saturated carbocycles. The maximum absolute atomic E-state index is 12.6. The predicted molar refractivity (Wildman–Crippen MR) is 111 cm³/mol. The Morgan fingerprint density at radius 2 is 1.81 bits per heavy atom. The van der Waals surface area contributed by atoms with E-state index in [1.54, 1.807) is 0 Å². The summed E-state index contributed by atoms with van der Waals surface area (Å²) in [7, 11) is 0. The van der Waals surface area contributed by atoms with Crippen LogP contribution in [0.2, 0.25) is 0 Å². The zero-order chi connectivity index (χ0) is 19.8. The van der Waals surface area contributed by atoms with Gasteiger partial charge in [0, 0.05) is 11.7 Å². The molecule has 1 aromatic carbocycles. The lowest BCUT2D eigenvalue weighted by Crippen LogP contribution is -2.48. The van der Waals surface area contributed by atoms with E-state index in [-0.39, 0.29) is 30.9 Å². The molecular formula is C22H35N3O2. The van der Waals surface area contributed by atoms with Gasteiger partial charge in [0.25, 0.3) is 0 Å². The average molecular weight is 374 g/mol. The number of benzene rings is 1. The zero-order valence-electron chi connectivity index (χ0n) is 17.3. The fourth-order valence-electron chi connectivity index (χ4n) is 3.88. The largest absolute Gasteiger partial charge is 0.352 e. The van der Waals surface area contributed by atoms with Gasteiger partial charge in [-0.3, -0.25) is 14.5 Å². The molecule has 1 aromatic rings. The molecule has 1 aliphatic rings. The highest BCUT2D eigenvalue weighted by Gasteiger charge is 2.28. The Morgan fingerprint density at radius 3 is 2.52 bits per heavy atom. The van der Waals surface area contributed by atoms with Crippen molar-refractivity contribution in [2.45, 2.75) is 59.4 Å². The van der Waals surface area contributed by atoms with E-state index in [9.17, 15) is 9.59 Å². The molecule has 1 aliphatic carbocycles. The van der Waals surface area contributed by atoms with Gasteiger partial charge in [-0.05, 0) is 49.8 Å². The summed E-state index contributed by atoms with van der Waals surface area (Å²) in [6, 6.07) is 7.98. The van der Waals surface area contributed by atoms with Crippen LogP contribution in [0, 0.1) is 18.8 Å². The van der Waals surface area contributed by atoms with E-state index in [0.717, 1.165) is 30.6 Å². The minimum atomic E-state index is -0.0785. The van der Waals surface area contributed by atoms with Crippen LogP contribution in [-0.2, 0) is 9.59 Å². The highest BCUT2D eigenvalue weighted by molar-refractivity contribution is 5.93. The fourth-order valence-corrected chi connectivity index (χ4v) is 3.88. The van der Waals surface area contributed by atoms with Crippen molar-refractivity contribution in [2.75, 3.05) is 25.0 Å². The van der Waals surface area contributed by atoms with Crippen molar-refractivity contribution < 1.29 is 9.59 Å². The number of carbonyl (C=O) groups is 2. The summed E-state index contributed by atoms with van der Waals surface area (Å²) in [6.07, 6.45) is 4.38. The first-order valence-corrected chi connectivity index (χ1v) is 10.3. The van der Waals surface area contributed by atoms with Crippen LogP contribution in [0.15, 0.2) is 24.3 Å². The molecule has 2 amide bonds. The second-order valence-electron chi connectivity index (χ2n) is 8.02. The van der Waals surface area contributed by atoms with Gasteiger partial charge >= 0.3 is 0 Å². The van der Waals surface area contributed by atoms with E-state index in [0.29, 0.717) is 11.8 Å². The van der Waals surface area contributed by atoms with E-state index in [1.807, 2.05) is 36.1 Å². The molecule has 5 heteroatoms. The van der Waals surface area contributed by atoms with Gasteiger partial charge in [-0.15, -0.1) is 0 Å². The van der Waals surface area contributed by atoms with Crippen LogP contribution in [-0.4, -0.2) is 42.4 Å². The summed E-state index contributed by atoms with van der Waals surface area (Å²) in [6.45, 7) is 9.76. The first-order valence-electron chi connectivity index (χ1n) is 10.3. The predicted octanol–water partition coefficient (Wildman–Crippen LogP) is 3.59. The number of amides is 2. The SMILES string of the molecule is CCCN(CC(=O)Nc1ccccc1C)CC(=O)N[C@@H]1CCC[C@H](C)[C@@H]1C. The molecule has 150 valence electrons. The van der Waals surface area contributed by atoms with Crippen molar-refractivity contribution in [3.63, 3.8) is 0 Å². The lowest BCUT2D eigenvalue weighted by Gasteiger charge is -2.35. The van der Waals surface area contributed by atoms with Gasteiger partial charge in [0.15, 0.2) is 0 Å². The minimum absolute atomic E-state index is 0.0260. The van der Waals surface area contributed by atoms with Gasteiger partial charge in [0.2, 0.25) is 11.8 Å². The molecule has 0 bridgehead atoms. The van der Waals surface area contributed by atoms with Crippen molar-refractivity contribution >= 4 is 17.5 Å². The first-order chi connectivity index (χ1) is 12.9. The first kappa shape index (κ1) is 21.4. The van der Waals surface area contributed by atoms with Gasteiger partial charge in [-0.1, -0.05) is 51.8 Å². The maximum Gasteiger partial charge on any atom is 0.238 e. The van der Waals surface area contributed by atoms with Gasteiger partial charge < -0.3 is 10.6 Å². The number of para-hydroxylation sites is 1. The third-order valence-electron chi connectivity index (χ3n) is 5.75. The number of hydrogen-bond acceptors (Lipinski definition) is 3. The van der Waals surface area contributed by atoms with Crippen LogP contribution in [0.5, 0.6) is 0 Å². The van der Waals surface area contributed by atoms with Crippen LogP contribution in [0.3, 0.4) is 0 Å². The standard InChI is InChI=1S/C22H35N3O2/c1-5-13-25(14-21(26)23-19-11-7-6-9-17(19)3)15-22(27)24-20-12-8-10-16(2)18(20)4/h6-7,9,11,16,18,20H,5,8,10,12-15H2,1-4H3,(H,23,26)(H,24,27)/t16-,18-,20+/m0/s1. The minimum Gasteiger partial charge on any atom is -0.352 e. The second kappa shape index (κ2) is 10.5. The van der Waals surface area contributed by atoms with E-state index in [2.05, 4.69) is 31.4 Å². The van der Waals surface area contributed by atoms with Gasteiger partial charge in [-0.25, -0.2) is 0 Å². The summed E-state index contributed by atoms with van der Waals surface area (Å²) in [5.74, 6) is 1.10. The molecule has 0 aromatic heterocycles. The summed E-state index contributed by atoms with van der Waals surface area (Å²) in [5, 5.41) is 6.16. The molecule has 5 nitrogen and oxygen atoms in total. The second-order valence-corrected chi connectivity index (χ2v) is 8.02. The van der Waals surface area contributed by atoms with Crippen molar-refractivity contribution in [3.8, 4) is 0 Å². The summed E-state index contributed by atoms with van der Waals surface area (Å²) >= 11 is 0. The third-order valence-corrected chi connectivity index (χ3v) is 5.75. The lowest BCUT2D eigenvalue weighted by molar-refractivity contribution is -0.124. The molecule has 3 atom stereocenters. The Kier molecular flexibility index (Phi) is 8.29. The van der Waals surface area contributed by atoms with Crippen LogP contribution in [0.4, 0.5) is 5.69 Å². The fraction of sp³-hybridized carbons (Fsp3) is 0.636. The molecule has 0 unspecified atom stereocenters. The molecule has 27 heavy (non-hydrogen) atoms. The molecular weight excluding hydrogens is 338 g/mol. The topological polar surface area (TPSA) is 61.4 Å². The number of nitrogens with zero attached hydrogens (tertiary/aromatic N) is 1. The number of carbonyl (C=O) groups excluding carboxylic acids is 2. The van der Waals surface area contributed by atoms with Crippen molar-refractivity contribution in [1.29, 1.82) is 0 Å². The third kappa shape index (κ3) is 6.65. The van der Waals surface area contributed by atoms with Crippen LogP contribution >= 0.6 is 0 Å². The summed E-state index contributed by atoms with van der Waals surface area (Å²) in [4.78, 5) is 26.9. The Hall–Kier alpha value is -1.88. The molecule has 2 N–H and O–H groups in total. The maximum atomic E-state index is 12.6. The van der Waals surface area contributed by atoms with Gasteiger partial charge in [-0.2, -0.15) is 0 Å². The van der Waals surface area contributed by atoms with Crippen LogP contribution < -0.4 is 10.6 Å². The number of rotatable bonds is 8. The Bertz CT molecular complexity index is 632. The summed E-state index contributed by atoms with van der Waals surface area (Å²) < 4.78 is 0. The van der Waals surface area contributed by atoms with Crippen LogP contribution in [0.25, 0.3) is 0 Å². The zero-order valence-corrected chi connectivity index (χ0v) is 17.3. The molecule has 0 saturated heterocycles. The van der Waals surface area contributed by atoms with Crippen LogP contribution in [0.1, 0.15) is 52.0 Å². The van der Waals surface area contributed by atoms with E-state index < -0.39 is 0 Å². The van der Waals surface area contributed by atoms with Crippen molar-refractivity contribution in [2.24, 2.45) is 11.8 Å². The molecule has 2 rings (SSSR count). The average Bonchev–Trinajstić information content (AvgIpc) is 2.61. The highest BCUT2D eigenvalue weighted by atomic mass is 16.2. The Labute approximate surface area is 163 Å². The van der Waals surface area contributed by atoms with Gasteiger partial charge in [0.1, 0.15) is 0 Å². The van der Waals surface area contributed by atoms with E-state index in [1.165, 1.54) is 12.8 Å². The number of hydrogen-bond donors (Lipinski definition) is 2. The normalized spacial score (nSPS) is 22.5.